The Morgan fingerprint density at radius 3 is 2.49 bits per heavy atom. The van der Waals surface area contributed by atoms with Crippen LogP contribution in [0.3, 0.4) is 0 Å². The first kappa shape index (κ1) is 27.6. The minimum atomic E-state index is -0.404. The number of nitrogens with one attached hydrogen (secondary N) is 2. The molecule has 200 valence electrons. The fourth-order valence-electron chi connectivity index (χ4n) is 5.70. The Bertz CT molecular complexity index is 1040. The van der Waals surface area contributed by atoms with Crippen molar-refractivity contribution in [2.24, 2.45) is 5.92 Å². The third kappa shape index (κ3) is 6.91. The largest absolute Gasteiger partial charge is 0.355 e. The van der Waals surface area contributed by atoms with E-state index in [4.69, 9.17) is 16.6 Å². The van der Waals surface area contributed by atoms with Crippen LogP contribution in [0.25, 0.3) is 0 Å². The van der Waals surface area contributed by atoms with Crippen LogP contribution >= 0.6 is 11.6 Å². The molecule has 4 rings (SSSR count). The lowest BCUT2D eigenvalue weighted by atomic mass is 9.78. The summed E-state index contributed by atoms with van der Waals surface area (Å²) in [4.78, 5) is 32.7. The Morgan fingerprint density at radius 1 is 1.11 bits per heavy atom. The van der Waals surface area contributed by atoms with Gasteiger partial charge in [-0.2, -0.15) is 0 Å². The molecule has 37 heavy (non-hydrogen) atoms. The molecule has 2 aliphatic rings. The van der Waals surface area contributed by atoms with E-state index in [-0.39, 0.29) is 17.7 Å². The van der Waals surface area contributed by atoms with Gasteiger partial charge in [-0.1, -0.05) is 56.5 Å². The molecule has 2 amide bonds. The van der Waals surface area contributed by atoms with E-state index in [0.29, 0.717) is 23.3 Å². The highest BCUT2D eigenvalue weighted by molar-refractivity contribution is 6.30. The van der Waals surface area contributed by atoms with Gasteiger partial charge in [-0.15, -0.1) is 0 Å². The quantitative estimate of drug-likeness (QED) is 0.378. The van der Waals surface area contributed by atoms with Crippen LogP contribution in [0.5, 0.6) is 0 Å². The van der Waals surface area contributed by atoms with Crippen molar-refractivity contribution in [3.63, 3.8) is 0 Å². The van der Waals surface area contributed by atoms with Crippen LogP contribution in [0, 0.1) is 5.92 Å². The van der Waals surface area contributed by atoms with Crippen LogP contribution in [0.4, 0.5) is 5.82 Å². The van der Waals surface area contributed by atoms with Crippen molar-refractivity contribution in [2.75, 3.05) is 31.5 Å². The summed E-state index contributed by atoms with van der Waals surface area (Å²) in [5.41, 5.74) is 1.75. The van der Waals surface area contributed by atoms with Gasteiger partial charge < -0.3 is 15.5 Å². The van der Waals surface area contributed by atoms with Crippen LogP contribution in [0.15, 0.2) is 42.5 Å². The van der Waals surface area contributed by atoms with E-state index in [0.717, 1.165) is 82.3 Å². The maximum atomic E-state index is 13.3. The maximum Gasteiger partial charge on any atom is 0.230 e. The summed E-state index contributed by atoms with van der Waals surface area (Å²) in [6, 6.07) is 13.8. The highest BCUT2D eigenvalue weighted by Gasteiger charge is 2.42. The zero-order valence-corrected chi connectivity index (χ0v) is 23.0. The minimum absolute atomic E-state index is 0.0142. The number of halogens is 1. The van der Waals surface area contributed by atoms with E-state index in [9.17, 15) is 9.59 Å². The van der Waals surface area contributed by atoms with Gasteiger partial charge in [-0.25, -0.2) is 4.98 Å². The molecule has 2 N–H and O–H groups in total. The highest BCUT2D eigenvalue weighted by Crippen LogP contribution is 2.41. The third-order valence-corrected chi connectivity index (χ3v) is 8.56. The van der Waals surface area contributed by atoms with Crippen LogP contribution in [-0.4, -0.2) is 47.9 Å². The molecule has 1 aromatic heterocycles. The minimum Gasteiger partial charge on any atom is -0.355 e. The molecule has 1 unspecified atom stereocenters. The van der Waals surface area contributed by atoms with Crippen LogP contribution in [0.1, 0.15) is 82.4 Å². The lowest BCUT2D eigenvalue weighted by Gasteiger charge is -2.32. The van der Waals surface area contributed by atoms with Crippen molar-refractivity contribution in [1.82, 2.24) is 15.2 Å². The molecule has 0 bridgehead atoms. The topological polar surface area (TPSA) is 74.3 Å². The number of anilines is 1. The average molecular weight is 525 g/mol. The van der Waals surface area contributed by atoms with Crippen molar-refractivity contribution in [1.29, 1.82) is 0 Å². The number of carbonyl (C=O) groups is 2. The number of aromatic nitrogens is 1. The van der Waals surface area contributed by atoms with E-state index in [1.54, 1.807) is 0 Å². The van der Waals surface area contributed by atoms with E-state index in [1.807, 2.05) is 50.2 Å². The van der Waals surface area contributed by atoms with Crippen LogP contribution in [0.2, 0.25) is 5.02 Å². The molecule has 2 fully saturated rings. The molecule has 1 aliphatic heterocycles. The van der Waals surface area contributed by atoms with Crippen molar-refractivity contribution in [2.45, 2.75) is 76.5 Å². The molecular weight excluding hydrogens is 484 g/mol. The molecule has 0 radical (unpaired) electrons. The fourth-order valence-corrected chi connectivity index (χ4v) is 5.83. The molecule has 1 saturated carbocycles. The third-order valence-electron chi connectivity index (χ3n) is 8.31. The van der Waals surface area contributed by atoms with Crippen LogP contribution < -0.4 is 10.6 Å². The summed E-state index contributed by atoms with van der Waals surface area (Å²) in [7, 11) is 0. The van der Waals surface area contributed by atoms with Gasteiger partial charge in [-0.3, -0.25) is 9.59 Å². The van der Waals surface area contributed by atoms with Gasteiger partial charge in [0.25, 0.3) is 0 Å². The summed E-state index contributed by atoms with van der Waals surface area (Å²) < 4.78 is 0. The zero-order valence-electron chi connectivity index (χ0n) is 22.3. The number of rotatable bonds is 10. The molecule has 2 heterocycles. The predicted molar refractivity (Wildman–Crippen MR) is 150 cm³/mol. The van der Waals surface area contributed by atoms with Crippen molar-refractivity contribution in [3.05, 3.63) is 58.7 Å². The first-order valence-electron chi connectivity index (χ1n) is 14.0. The number of carbonyl (C=O) groups excluding carboxylic acids is 2. The maximum absolute atomic E-state index is 13.3. The summed E-state index contributed by atoms with van der Waals surface area (Å²) in [5, 5.41) is 6.91. The summed E-state index contributed by atoms with van der Waals surface area (Å²) in [5.74, 6) is 1.25. The molecule has 1 saturated heterocycles. The number of benzene rings is 1. The summed E-state index contributed by atoms with van der Waals surface area (Å²) in [6.07, 6.45) is 7.87. The second-order valence-corrected chi connectivity index (χ2v) is 11.2. The average Bonchev–Trinajstić information content (AvgIpc) is 3.43. The van der Waals surface area contributed by atoms with E-state index in [2.05, 4.69) is 21.6 Å². The second-order valence-electron chi connectivity index (χ2n) is 10.8. The number of hydrogen-bond acceptors (Lipinski definition) is 4. The monoisotopic (exact) mass is 524 g/mol. The standard InChI is InChI=1S/C30H41ClN4O2/c1-3-22(2)28(36)34-27-9-6-8-26(33-27)23-14-20-35(21-15-23)19-7-18-32-29(37)30(16-4-5-17-30)24-10-12-25(31)13-11-24/h6,8-13,22-23H,3-5,7,14-21H2,1-2H3,(H,32,37)(H,33,34,36). The molecule has 2 aromatic rings. The first-order chi connectivity index (χ1) is 17.9. The van der Waals surface area contributed by atoms with Gasteiger partial charge in [0.2, 0.25) is 11.8 Å². The summed E-state index contributed by atoms with van der Waals surface area (Å²) in [6.45, 7) is 7.69. The van der Waals surface area contributed by atoms with Gasteiger partial charge in [-0.05, 0) is 88.0 Å². The molecular formula is C30H41ClN4O2. The number of likely N-dealkylation sites (tertiary alicyclic amines) is 1. The molecule has 1 atom stereocenters. The molecule has 1 aromatic carbocycles. The number of amides is 2. The second kappa shape index (κ2) is 12.9. The number of hydrogen-bond donors (Lipinski definition) is 2. The Labute approximate surface area is 226 Å². The normalized spacial score (nSPS) is 18.9. The highest BCUT2D eigenvalue weighted by atomic mass is 35.5. The van der Waals surface area contributed by atoms with Crippen molar-refractivity contribution >= 4 is 29.2 Å². The molecule has 7 heteroatoms. The van der Waals surface area contributed by atoms with Crippen LogP contribution in [-0.2, 0) is 15.0 Å². The van der Waals surface area contributed by atoms with Gasteiger partial charge in [0, 0.05) is 29.1 Å². The van der Waals surface area contributed by atoms with Gasteiger partial charge in [0.15, 0.2) is 0 Å². The lowest BCUT2D eigenvalue weighted by molar-refractivity contribution is -0.126. The number of piperidine rings is 1. The van der Waals surface area contributed by atoms with Gasteiger partial charge in [0.05, 0.1) is 5.41 Å². The van der Waals surface area contributed by atoms with E-state index in [1.165, 1.54) is 0 Å². The Balaban J connectivity index is 1.21. The first-order valence-corrected chi connectivity index (χ1v) is 14.3. The van der Waals surface area contributed by atoms with Crippen molar-refractivity contribution < 1.29 is 9.59 Å². The SMILES string of the molecule is CCC(C)C(=O)Nc1cccc(C2CCN(CCCNC(=O)C3(c4ccc(Cl)cc4)CCCC3)CC2)n1. The predicted octanol–water partition coefficient (Wildman–Crippen LogP) is 5.92. The van der Waals surface area contributed by atoms with E-state index < -0.39 is 5.41 Å². The number of nitrogens with zero attached hydrogens (tertiary/aromatic N) is 2. The Morgan fingerprint density at radius 2 is 1.81 bits per heavy atom. The molecule has 1 aliphatic carbocycles. The van der Waals surface area contributed by atoms with Gasteiger partial charge >= 0.3 is 0 Å². The van der Waals surface area contributed by atoms with E-state index >= 15 is 0 Å². The molecule has 0 spiro atoms. The van der Waals surface area contributed by atoms with Crippen molar-refractivity contribution in [3.8, 4) is 0 Å². The summed E-state index contributed by atoms with van der Waals surface area (Å²) >= 11 is 6.08. The smallest absolute Gasteiger partial charge is 0.230 e. The Kier molecular flexibility index (Phi) is 9.60. The Hall–Kier alpha value is -2.44. The van der Waals surface area contributed by atoms with Gasteiger partial charge in [0.1, 0.15) is 5.82 Å². The number of pyridine rings is 1. The zero-order chi connectivity index (χ0) is 26.3. The lowest BCUT2D eigenvalue weighted by Crippen LogP contribution is -2.43. The molecule has 6 nitrogen and oxygen atoms in total. The fraction of sp³-hybridized carbons (Fsp3) is 0.567.